The molecule has 1 aromatic rings. The second-order valence-electron chi connectivity index (χ2n) is 7.79. The number of aromatic hydroxyl groups is 1. The number of primary amides is 1. The quantitative estimate of drug-likeness (QED) is 0.435. The summed E-state index contributed by atoms with van der Waals surface area (Å²) in [6.45, 7) is 1.37. The normalized spacial score (nSPS) is 26.0. The number of benzene rings is 1. The van der Waals surface area contributed by atoms with Gasteiger partial charge >= 0.3 is 0 Å². The molecular formula is C21H19NO7. The summed E-state index contributed by atoms with van der Waals surface area (Å²) in [4.78, 5) is 49.0. The van der Waals surface area contributed by atoms with Gasteiger partial charge in [0.1, 0.15) is 22.8 Å². The van der Waals surface area contributed by atoms with Crippen molar-refractivity contribution >= 4 is 29.0 Å². The van der Waals surface area contributed by atoms with E-state index >= 15 is 0 Å². The lowest BCUT2D eigenvalue weighted by Crippen LogP contribution is -2.44. The van der Waals surface area contributed by atoms with Gasteiger partial charge in [0.05, 0.1) is 11.5 Å². The zero-order valence-electron chi connectivity index (χ0n) is 15.6. The predicted octanol–water partition coefficient (Wildman–Crippen LogP) is 1.51. The molecule has 3 aliphatic rings. The highest BCUT2D eigenvalue weighted by molar-refractivity contribution is 6.21. The van der Waals surface area contributed by atoms with Crippen LogP contribution in [0.25, 0.3) is 5.76 Å². The molecule has 5 N–H and O–H groups in total. The first kappa shape index (κ1) is 18.9. The number of ketones is 3. The standard InChI is InChI=1S/C21H19NO7/c1-7(23)10-2-3-12(24)16-11(10)5-8-4-9-6-13(25)17(21(22)29)20(28)15(9)18(26)14(8)19(16)27/h2-3,8-9,15,24,27-28H,4-6H2,1H3,(H2,22,29)/t8-,9+,15-/m1/s1. The Morgan fingerprint density at radius 2 is 1.79 bits per heavy atom. The molecule has 1 fully saturated rings. The van der Waals surface area contributed by atoms with Crippen LogP contribution in [0.3, 0.4) is 0 Å². The molecule has 0 unspecified atom stereocenters. The van der Waals surface area contributed by atoms with Gasteiger partial charge in [0, 0.05) is 17.6 Å². The van der Waals surface area contributed by atoms with E-state index < -0.39 is 52.3 Å². The second kappa shape index (κ2) is 6.30. The molecule has 29 heavy (non-hydrogen) atoms. The van der Waals surface area contributed by atoms with Gasteiger partial charge in [-0.05, 0) is 49.3 Å². The van der Waals surface area contributed by atoms with E-state index in [9.17, 15) is 34.5 Å². The van der Waals surface area contributed by atoms with E-state index in [1.54, 1.807) is 0 Å². The second-order valence-corrected chi connectivity index (χ2v) is 7.79. The summed E-state index contributed by atoms with van der Waals surface area (Å²) in [6.07, 6.45) is 0.411. The van der Waals surface area contributed by atoms with Crippen LogP contribution in [0, 0.1) is 17.8 Å². The molecule has 3 aliphatic carbocycles. The zero-order chi connectivity index (χ0) is 21.2. The highest BCUT2D eigenvalue weighted by atomic mass is 16.3. The number of hydrogen-bond acceptors (Lipinski definition) is 7. The van der Waals surface area contributed by atoms with Gasteiger partial charge in [0.2, 0.25) is 0 Å². The molecule has 1 amide bonds. The predicted molar refractivity (Wildman–Crippen MR) is 99.9 cm³/mol. The Kier molecular flexibility index (Phi) is 4.11. The number of Topliss-reactive ketones (excluding diaryl/α,β-unsaturated/α-hetero) is 3. The lowest BCUT2D eigenvalue weighted by molar-refractivity contribution is -0.127. The fraction of sp³-hybridized carbons (Fsp3) is 0.333. The third-order valence-corrected chi connectivity index (χ3v) is 6.15. The Morgan fingerprint density at radius 3 is 2.41 bits per heavy atom. The fourth-order valence-electron chi connectivity index (χ4n) is 4.97. The van der Waals surface area contributed by atoms with Crippen LogP contribution in [0.5, 0.6) is 5.75 Å². The van der Waals surface area contributed by atoms with Crippen molar-refractivity contribution in [1.82, 2.24) is 0 Å². The minimum absolute atomic E-state index is 0.0273. The summed E-state index contributed by atoms with van der Waals surface area (Å²) in [5.41, 5.74) is 5.47. The van der Waals surface area contributed by atoms with Gasteiger partial charge in [-0.2, -0.15) is 0 Å². The average molecular weight is 397 g/mol. The number of hydrogen-bond donors (Lipinski definition) is 4. The van der Waals surface area contributed by atoms with Gasteiger partial charge < -0.3 is 21.1 Å². The molecule has 0 saturated heterocycles. The van der Waals surface area contributed by atoms with Gasteiger partial charge in [-0.1, -0.05) is 0 Å². The maximum absolute atomic E-state index is 13.2. The topological polar surface area (TPSA) is 155 Å². The average Bonchev–Trinajstić information content (AvgIpc) is 2.60. The first-order valence-corrected chi connectivity index (χ1v) is 9.23. The van der Waals surface area contributed by atoms with Crippen LogP contribution in [0.15, 0.2) is 29.0 Å². The van der Waals surface area contributed by atoms with Crippen molar-refractivity contribution in [2.45, 2.75) is 26.2 Å². The Hall–Kier alpha value is -3.42. The molecule has 3 atom stereocenters. The van der Waals surface area contributed by atoms with E-state index in [2.05, 4.69) is 0 Å². The number of aliphatic hydroxyl groups is 2. The zero-order valence-corrected chi connectivity index (χ0v) is 15.6. The number of carbonyl (C=O) groups is 4. The highest BCUT2D eigenvalue weighted by Crippen LogP contribution is 2.50. The van der Waals surface area contributed by atoms with Crippen molar-refractivity contribution in [3.8, 4) is 5.75 Å². The van der Waals surface area contributed by atoms with Gasteiger partial charge in [0.25, 0.3) is 5.91 Å². The van der Waals surface area contributed by atoms with Crippen molar-refractivity contribution in [3.63, 3.8) is 0 Å². The number of aliphatic hydroxyl groups excluding tert-OH is 2. The summed E-state index contributed by atoms with van der Waals surface area (Å²) in [6, 6.07) is 2.75. The van der Waals surface area contributed by atoms with Gasteiger partial charge in [-0.3, -0.25) is 19.2 Å². The molecule has 1 saturated carbocycles. The van der Waals surface area contributed by atoms with E-state index in [1.807, 2.05) is 0 Å². The number of carbonyl (C=O) groups excluding carboxylic acids is 4. The van der Waals surface area contributed by atoms with Gasteiger partial charge in [-0.25, -0.2) is 0 Å². The molecule has 4 rings (SSSR count). The van der Waals surface area contributed by atoms with Crippen LogP contribution in [0.1, 0.15) is 41.3 Å². The molecule has 0 heterocycles. The summed E-state index contributed by atoms with van der Waals surface area (Å²) in [5.74, 6) is -6.09. The third-order valence-electron chi connectivity index (χ3n) is 6.15. The molecule has 150 valence electrons. The Balaban J connectivity index is 1.90. The molecule has 0 spiro atoms. The number of rotatable bonds is 2. The van der Waals surface area contributed by atoms with Crippen molar-refractivity contribution in [1.29, 1.82) is 0 Å². The largest absolute Gasteiger partial charge is 0.511 e. The first-order valence-electron chi connectivity index (χ1n) is 9.23. The van der Waals surface area contributed by atoms with Gasteiger partial charge in [0.15, 0.2) is 17.3 Å². The molecule has 0 aromatic heterocycles. The van der Waals surface area contributed by atoms with Crippen molar-refractivity contribution in [2.24, 2.45) is 23.5 Å². The maximum Gasteiger partial charge on any atom is 0.255 e. The number of fused-ring (bicyclic) bond motifs is 3. The molecule has 8 nitrogen and oxygen atoms in total. The molecule has 1 aromatic carbocycles. The van der Waals surface area contributed by atoms with Crippen LogP contribution >= 0.6 is 0 Å². The molecule has 8 heteroatoms. The lowest BCUT2D eigenvalue weighted by Gasteiger charge is -2.41. The summed E-state index contributed by atoms with van der Waals surface area (Å²) >= 11 is 0. The van der Waals surface area contributed by atoms with Crippen LogP contribution < -0.4 is 5.73 Å². The monoisotopic (exact) mass is 397 g/mol. The number of phenolic OH excluding ortho intramolecular Hbond substituents is 1. The Bertz CT molecular complexity index is 1080. The maximum atomic E-state index is 13.2. The molecule has 0 bridgehead atoms. The van der Waals surface area contributed by atoms with E-state index in [0.29, 0.717) is 17.5 Å². The van der Waals surface area contributed by atoms with E-state index in [1.165, 1.54) is 19.1 Å². The summed E-state index contributed by atoms with van der Waals surface area (Å²) in [7, 11) is 0. The summed E-state index contributed by atoms with van der Waals surface area (Å²) in [5, 5.41) is 31.6. The van der Waals surface area contributed by atoms with Crippen LogP contribution in [0.2, 0.25) is 0 Å². The third kappa shape index (κ3) is 2.59. The SMILES string of the molecule is CC(=O)c1ccc(O)c2c1C[C@H]1C[C@H]3CC(=O)C(C(N)=O)=C(O)[C@H]3C(=O)C1=C2O. The number of phenols is 1. The van der Waals surface area contributed by atoms with Crippen LogP contribution in [-0.2, 0) is 20.8 Å². The molecule has 0 aliphatic heterocycles. The van der Waals surface area contributed by atoms with Crippen molar-refractivity contribution in [2.75, 3.05) is 0 Å². The van der Waals surface area contributed by atoms with Crippen LogP contribution in [-0.4, -0.2) is 38.6 Å². The fourth-order valence-corrected chi connectivity index (χ4v) is 4.97. The van der Waals surface area contributed by atoms with E-state index in [0.717, 1.165) is 0 Å². The lowest BCUT2D eigenvalue weighted by atomic mass is 9.61. The van der Waals surface area contributed by atoms with Crippen LogP contribution in [0.4, 0.5) is 0 Å². The smallest absolute Gasteiger partial charge is 0.255 e. The Labute approximate surface area is 165 Å². The highest BCUT2D eigenvalue weighted by Gasteiger charge is 2.51. The minimum atomic E-state index is -1.15. The van der Waals surface area contributed by atoms with Crippen molar-refractivity contribution < 1.29 is 34.5 Å². The summed E-state index contributed by atoms with van der Waals surface area (Å²) < 4.78 is 0. The van der Waals surface area contributed by atoms with E-state index in [-0.39, 0.29) is 35.5 Å². The van der Waals surface area contributed by atoms with Crippen molar-refractivity contribution in [3.05, 3.63) is 45.7 Å². The van der Waals surface area contributed by atoms with Gasteiger partial charge in [-0.15, -0.1) is 0 Å². The number of amides is 1. The minimum Gasteiger partial charge on any atom is -0.511 e. The number of allylic oxidation sites excluding steroid dienone is 2. The van der Waals surface area contributed by atoms with E-state index in [4.69, 9.17) is 5.73 Å². The first-order chi connectivity index (χ1) is 13.6. The Morgan fingerprint density at radius 1 is 1.10 bits per heavy atom. The number of nitrogens with two attached hydrogens (primary N) is 1. The molecular weight excluding hydrogens is 378 g/mol. The molecule has 0 radical (unpaired) electrons.